The highest BCUT2D eigenvalue weighted by Crippen LogP contribution is 2.35. The number of anilines is 1. The van der Waals surface area contributed by atoms with E-state index in [1.807, 2.05) is 0 Å². The summed E-state index contributed by atoms with van der Waals surface area (Å²) in [6.45, 7) is 4.24. The van der Waals surface area contributed by atoms with E-state index in [9.17, 15) is 14.9 Å². The second-order valence-corrected chi connectivity index (χ2v) is 7.27. The maximum atomic E-state index is 12.9. The van der Waals surface area contributed by atoms with E-state index in [2.05, 4.69) is 27.8 Å². The monoisotopic (exact) mass is 414 g/mol. The number of hydrogen-bond acceptors (Lipinski definition) is 8. The molecular formula is C20H26N6O4. The first-order valence-corrected chi connectivity index (χ1v) is 10.2. The van der Waals surface area contributed by atoms with Crippen molar-refractivity contribution in [1.29, 1.82) is 0 Å². The Labute approximate surface area is 174 Å². The number of carbonyl (C=O) groups is 1. The Bertz CT molecular complexity index is 939. The molecule has 0 fully saturated rings. The first kappa shape index (κ1) is 21.4. The summed E-state index contributed by atoms with van der Waals surface area (Å²) in [5.74, 6) is -0.123. The van der Waals surface area contributed by atoms with Gasteiger partial charge in [0, 0.05) is 17.8 Å². The molecule has 0 saturated carbocycles. The Balaban J connectivity index is 1.78. The number of rotatable bonds is 10. The van der Waals surface area contributed by atoms with Gasteiger partial charge in [0.1, 0.15) is 6.04 Å². The Morgan fingerprint density at radius 2 is 2.03 bits per heavy atom. The molecule has 3 rings (SSSR count). The molecule has 1 N–H and O–H groups in total. The first-order chi connectivity index (χ1) is 14.5. The summed E-state index contributed by atoms with van der Waals surface area (Å²) in [5, 5.41) is 25.8. The van der Waals surface area contributed by atoms with Crippen molar-refractivity contribution in [2.45, 2.75) is 58.4 Å². The van der Waals surface area contributed by atoms with Gasteiger partial charge in [-0.25, -0.2) is 4.79 Å². The lowest BCUT2D eigenvalue weighted by molar-refractivity contribution is -0.384. The summed E-state index contributed by atoms with van der Waals surface area (Å²) < 4.78 is 6.96. The van der Waals surface area contributed by atoms with Crippen molar-refractivity contribution in [2.75, 3.05) is 11.9 Å². The number of hydrogen-bond donors (Lipinski definition) is 1. The van der Waals surface area contributed by atoms with Gasteiger partial charge < -0.3 is 10.1 Å². The molecule has 2 heterocycles. The van der Waals surface area contributed by atoms with E-state index < -0.39 is 16.9 Å². The quantitative estimate of drug-likeness (QED) is 0.269. The number of fused-ring (bicyclic) bond motifs is 1. The fraction of sp³-hybridized carbons (Fsp3) is 0.500. The molecule has 30 heavy (non-hydrogen) atoms. The van der Waals surface area contributed by atoms with Crippen molar-refractivity contribution in [1.82, 2.24) is 20.2 Å². The molecule has 1 aromatic carbocycles. The predicted molar refractivity (Wildman–Crippen MR) is 110 cm³/mol. The molecule has 0 spiro atoms. The summed E-state index contributed by atoms with van der Waals surface area (Å²) in [4.78, 5) is 23.7. The minimum Gasteiger partial charge on any atom is -0.462 e. The highest BCUT2D eigenvalue weighted by Gasteiger charge is 2.35. The molecule has 1 aliphatic heterocycles. The number of nitrogens with one attached hydrogen (secondary N) is 1. The zero-order valence-electron chi connectivity index (χ0n) is 17.2. The molecule has 1 atom stereocenters. The molecule has 10 nitrogen and oxygen atoms in total. The summed E-state index contributed by atoms with van der Waals surface area (Å²) in [5.41, 5.74) is 1.35. The maximum absolute atomic E-state index is 12.9. The third-order valence-corrected chi connectivity index (χ3v) is 5.06. The normalized spacial score (nSPS) is 15.5. The van der Waals surface area contributed by atoms with Crippen LogP contribution in [-0.2, 0) is 9.53 Å². The molecule has 0 bridgehead atoms. The number of carbonyl (C=O) groups excluding carboxylic acids is 1. The van der Waals surface area contributed by atoms with Crippen LogP contribution in [0.1, 0.15) is 64.0 Å². The van der Waals surface area contributed by atoms with Gasteiger partial charge in [0.2, 0.25) is 5.95 Å². The molecule has 0 amide bonds. The number of benzene rings is 1. The van der Waals surface area contributed by atoms with Crippen LogP contribution in [-0.4, -0.2) is 37.7 Å². The van der Waals surface area contributed by atoms with Gasteiger partial charge in [0.05, 0.1) is 17.1 Å². The van der Waals surface area contributed by atoms with Gasteiger partial charge in [-0.3, -0.25) is 10.1 Å². The van der Waals surface area contributed by atoms with Crippen molar-refractivity contribution >= 4 is 17.6 Å². The highest BCUT2D eigenvalue weighted by atomic mass is 16.6. The first-order valence-electron chi connectivity index (χ1n) is 10.2. The number of nitro benzene ring substituents is 1. The summed E-state index contributed by atoms with van der Waals surface area (Å²) in [6, 6.07) is 5.40. The lowest BCUT2D eigenvalue weighted by Gasteiger charge is -2.27. The van der Waals surface area contributed by atoms with Crippen molar-refractivity contribution in [2.24, 2.45) is 0 Å². The fourth-order valence-electron chi connectivity index (χ4n) is 3.52. The second kappa shape index (κ2) is 9.95. The Morgan fingerprint density at radius 3 is 2.80 bits per heavy atom. The van der Waals surface area contributed by atoms with E-state index >= 15 is 0 Å². The molecule has 160 valence electrons. The molecule has 2 aromatic rings. The number of allylic oxidation sites excluding steroid dienone is 1. The van der Waals surface area contributed by atoms with Gasteiger partial charge in [-0.15, -0.1) is 0 Å². The van der Waals surface area contributed by atoms with Crippen molar-refractivity contribution in [3.8, 4) is 0 Å². The molecule has 10 heteroatoms. The maximum Gasteiger partial charge on any atom is 0.338 e. The van der Waals surface area contributed by atoms with Crippen LogP contribution in [0.2, 0.25) is 0 Å². The lowest BCUT2D eigenvalue weighted by Crippen LogP contribution is -2.30. The molecule has 1 aromatic heterocycles. The Hall–Kier alpha value is -3.30. The lowest BCUT2D eigenvalue weighted by atomic mass is 9.95. The van der Waals surface area contributed by atoms with E-state index in [-0.39, 0.29) is 5.69 Å². The molecule has 0 unspecified atom stereocenters. The summed E-state index contributed by atoms with van der Waals surface area (Å²) in [6.07, 6.45) is 6.53. The number of nitrogens with zero attached hydrogens (tertiary/aromatic N) is 5. The fourth-order valence-corrected chi connectivity index (χ4v) is 3.52. The zero-order valence-corrected chi connectivity index (χ0v) is 17.2. The smallest absolute Gasteiger partial charge is 0.338 e. The van der Waals surface area contributed by atoms with Crippen LogP contribution >= 0.6 is 0 Å². The number of ether oxygens (including phenoxy) is 1. The zero-order chi connectivity index (χ0) is 21.5. The van der Waals surface area contributed by atoms with Gasteiger partial charge in [0.15, 0.2) is 0 Å². The highest BCUT2D eigenvalue weighted by molar-refractivity contribution is 5.92. The van der Waals surface area contributed by atoms with Crippen LogP contribution in [0.25, 0.3) is 0 Å². The third kappa shape index (κ3) is 4.81. The molecule has 0 aliphatic carbocycles. The SMILES string of the molecule is CCCCCCCCOC(=O)C1=C(C)Nc2nnnn2[C@H]1c1cccc([N+](=O)[O-])c1. The van der Waals surface area contributed by atoms with E-state index in [0.29, 0.717) is 29.4 Å². The minimum absolute atomic E-state index is 0.0712. The molecule has 1 aliphatic rings. The summed E-state index contributed by atoms with van der Waals surface area (Å²) >= 11 is 0. The van der Waals surface area contributed by atoms with E-state index in [1.165, 1.54) is 36.1 Å². The average molecular weight is 414 g/mol. The topological polar surface area (TPSA) is 125 Å². The van der Waals surface area contributed by atoms with Gasteiger partial charge in [-0.1, -0.05) is 56.3 Å². The largest absolute Gasteiger partial charge is 0.462 e. The van der Waals surface area contributed by atoms with Gasteiger partial charge >= 0.3 is 5.97 Å². The van der Waals surface area contributed by atoms with Crippen LogP contribution in [0.5, 0.6) is 0 Å². The number of nitro groups is 1. The van der Waals surface area contributed by atoms with Gasteiger partial charge in [-0.05, 0) is 29.3 Å². The number of unbranched alkanes of at least 4 members (excludes halogenated alkanes) is 5. The third-order valence-electron chi connectivity index (χ3n) is 5.06. The van der Waals surface area contributed by atoms with Crippen molar-refractivity contribution < 1.29 is 14.5 Å². The molecular weight excluding hydrogens is 388 g/mol. The number of aromatic nitrogens is 4. The van der Waals surface area contributed by atoms with Gasteiger partial charge in [-0.2, -0.15) is 4.68 Å². The second-order valence-electron chi connectivity index (χ2n) is 7.27. The summed E-state index contributed by atoms with van der Waals surface area (Å²) in [7, 11) is 0. The van der Waals surface area contributed by atoms with Crippen molar-refractivity contribution in [3.05, 3.63) is 51.2 Å². The van der Waals surface area contributed by atoms with Gasteiger partial charge in [0.25, 0.3) is 5.69 Å². The van der Waals surface area contributed by atoms with Crippen molar-refractivity contribution in [3.63, 3.8) is 0 Å². The molecule has 0 radical (unpaired) electrons. The van der Waals surface area contributed by atoms with Crippen LogP contribution in [0.4, 0.5) is 11.6 Å². The van der Waals surface area contributed by atoms with Crippen LogP contribution < -0.4 is 5.32 Å². The minimum atomic E-state index is -0.715. The number of tetrazole rings is 1. The van der Waals surface area contributed by atoms with E-state index in [4.69, 9.17) is 4.74 Å². The van der Waals surface area contributed by atoms with E-state index in [0.717, 1.165) is 19.3 Å². The van der Waals surface area contributed by atoms with E-state index in [1.54, 1.807) is 19.1 Å². The van der Waals surface area contributed by atoms with Crippen LogP contribution in [0.3, 0.4) is 0 Å². The average Bonchev–Trinajstić information content (AvgIpc) is 3.20. The van der Waals surface area contributed by atoms with Crippen LogP contribution in [0.15, 0.2) is 35.5 Å². The predicted octanol–water partition coefficient (Wildman–Crippen LogP) is 3.77. The van der Waals surface area contributed by atoms with Crippen LogP contribution in [0, 0.1) is 10.1 Å². The Kier molecular flexibility index (Phi) is 7.10. The standard InChI is InChI=1S/C20H26N6O4/c1-3-4-5-6-7-8-12-30-19(27)17-14(2)21-20-22-23-24-25(20)18(17)15-10-9-11-16(13-15)26(28)29/h9-11,13,18H,3-8,12H2,1-2H3,(H,21,22,24)/t18-/m0/s1. The number of non-ortho nitro benzene ring substituents is 1. The Morgan fingerprint density at radius 1 is 1.27 bits per heavy atom. The molecule has 0 saturated heterocycles. The number of esters is 1.